The normalized spacial score (nSPS) is 31.2. The molecule has 0 saturated carbocycles. The van der Waals surface area contributed by atoms with Crippen LogP contribution in [0.15, 0.2) is 24.3 Å². The number of benzene rings is 1. The van der Waals surface area contributed by atoms with Crippen LogP contribution in [-0.4, -0.2) is 50.1 Å². The highest BCUT2D eigenvalue weighted by molar-refractivity contribution is 5.62. The Kier molecular flexibility index (Phi) is 3.18. The van der Waals surface area contributed by atoms with Crippen molar-refractivity contribution >= 4 is 6.41 Å². The topological polar surface area (TPSA) is 57.2 Å². The van der Waals surface area contributed by atoms with Gasteiger partial charge >= 0.3 is 0 Å². The SMILES string of the molecule is COc1ccc2c3c1O[C@H]1CC4(C=C[C@@]31CCN(C=O)C2)OCCO4. The number of rotatable bonds is 2. The molecule has 0 unspecified atom stereocenters. The molecule has 1 aromatic carbocycles. The number of methoxy groups -OCH3 is 1. The highest BCUT2D eigenvalue weighted by Crippen LogP contribution is 2.57. The van der Waals surface area contributed by atoms with Gasteiger partial charge in [-0.2, -0.15) is 0 Å². The van der Waals surface area contributed by atoms with Gasteiger partial charge in [-0.25, -0.2) is 0 Å². The quantitative estimate of drug-likeness (QED) is 0.605. The van der Waals surface area contributed by atoms with Gasteiger partial charge in [0.2, 0.25) is 6.41 Å². The molecule has 4 aliphatic rings. The van der Waals surface area contributed by atoms with Gasteiger partial charge in [-0.15, -0.1) is 0 Å². The molecule has 1 amide bonds. The van der Waals surface area contributed by atoms with Gasteiger partial charge in [0.05, 0.1) is 25.7 Å². The molecule has 25 heavy (non-hydrogen) atoms. The second-order valence-electron chi connectivity index (χ2n) is 7.15. The zero-order chi connectivity index (χ0) is 17.1. The molecule has 132 valence electrons. The van der Waals surface area contributed by atoms with E-state index in [0.717, 1.165) is 35.5 Å². The van der Waals surface area contributed by atoms with Gasteiger partial charge in [0.1, 0.15) is 6.10 Å². The van der Waals surface area contributed by atoms with Crippen molar-refractivity contribution in [2.75, 3.05) is 26.9 Å². The lowest BCUT2D eigenvalue weighted by Gasteiger charge is -2.40. The van der Waals surface area contributed by atoms with E-state index in [-0.39, 0.29) is 11.5 Å². The molecule has 2 spiro atoms. The molecule has 6 heteroatoms. The average molecular weight is 343 g/mol. The number of hydrogen-bond donors (Lipinski definition) is 0. The fourth-order valence-corrected chi connectivity index (χ4v) is 4.72. The largest absolute Gasteiger partial charge is 0.493 e. The van der Waals surface area contributed by atoms with E-state index in [0.29, 0.717) is 32.7 Å². The van der Waals surface area contributed by atoms with Crippen LogP contribution in [0.5, 0.6) is 11.5 Å². The van der Waals surface area contributed by atoms with E-state index in [9.17, 15) is 4.79 Å². The van der Waals surface area contributed by atoms with Gasteiger partial charge in [-0.1, -0.05) is 12.1 Å². The molecule has 0 radical (unpaired) electrons. The van der Waals surface area contributed by atoms with E-state index in [1.165, 1.54) is 0 Å². The van der Waals surface area contributed by atoms with Crippen LogP contribution in [0.25, 0.3) is 0 Å². The van der Waals surface area contributed by atoms with Crippen molar-refractivity contribution in [3.8, 4) is 11.5 Å². The monoisotopic (exact) mass is 343 g/mol. The summed E-state index contributed by atoms with van der Waals surface area (Å²) in [5.41, 5.74) is 2.01. The Balaban J connectivity index is 1.67. The number of carbonyl (C=O) groups excluding carboxylic acids is 1. The van der Waals surface area contributed by atoms with Gasteiger partial charge in [0.15, 0.2) is 17.3 Å². The fraction of sp³-hybridized carbons (Fsp3) is 0.526. The maximum absolute atomic E-state index is 11.4. The first kappa shape index (κ1) is 15.2. The Labute approximate surface area is 146 Å². The highest BCUT2D eigenvalue weighted by Gasteiger charge is 2.57. The first-order valence-corrected chi connectivity index (χ1v) is 8.74. The van der Waals surface area contributed by atoms with Crippen LogP contribution in [0.2, 0.25) is 0 Å². The number of ether oxygens (including phenoxy) is 4. The zero-order valence-corrected chi connectivity index (χ0v) is 14.2. The second kappa shape index (κ2) is 5.22. The molecule has 0 bridgehead atoms. The van der Waals surface area contributed by atoms with Gasteiger partial charge in [-0.3, -0.25) is 4.79 Å². The third-order valence-corrected chi connectivity index (χ3v) is 5.94. The van der Waals surface area contributed by atoms with Crippen LogP contribution in [0, 0.1) is 0 Å². The molecule has 5 rings (SSSR count). The molecule has 0 aromatic heterocycles. The Morgan fingerprint density at radius 2 is 2.12 bits per heavy atom. The summed E-state index contributed by atoms with van der Waals surface area (Å²) in [7, 11) is 1.66. The van der Waals surface area contributed by atoms with Crippen LogP contribution in [0.3, 0.4) is 0 Å². The van der Waals surface area contributed by atoms with E-state index in [2.05, 4.69) is 12.2 Å². The lowest BCUT2D eigenvalue weighted by Crippen LogP contribution is -2.48. The fourth-order valence-electron chi connectivity index (χ4n) is 4.72. The van der Waals surface area contributed by atoms with E-state index in [1.807, 2.05) is 17.0 Å². The van der Waals surface area contributed by atoms with Gasteiger partial charge in [-0.05, 0) is 24.1 Å². The van der Waals surface area contributed by atoms with Crippen molar-refractivity contribution in [2.45, 2.75) is 36.7 Å². The molecular weight excluding hydrogens is 322 g/mol. The Morgan fingerprint density at radius 1 is 1.28 bits per heavy atom. The summed E-state index contributed by atoms with van der Waals surface area (Å²) in [6, 6.07) is 3.98. The first-order chi connectivity index (χ1) is 12.2. The third kappa shape index (κ3) is 2.01. The minimum Gasteiger partial charge on any atom is -0.493 e. The predicted molar refractivity (Wildman–Crippen MR) is 88.6 cm³/mol. The molecule has 1 saturated heterocycles. The zero-order valence-electron chi connectivity index (χ0n) is 14.2. The van der Waals surface area contributed by atoms with Crippen LogP contribution in [0.4, 0.5) is 0 Å². The molecule has 1 fully saturated rings. The van der Waals surface area contributed by atoms with Gasteiger partial charge in [0.25, 0.3) is 0 Å². The van der Waals surface area contributed by atoms with Crippen LogP contribution in [-0.2, 0) is 26.2 Å². The molecule has 3 aliphatic heterocycles. The maximum atomic E-state index is 11.4. The molecule has 1 aromatic rings. The van der Waals surface area contributed by atoms with E-state index < -0.39 is 5.79 Å². The minimum absolute atomic E-state index is 0.0905. The lowest BCUT2D eigenvalue weighted by molar-refractivity contribution is -0.145. The van der Waals surface area contributed by atoms with E-state index in [1.54, 1.807) is 7.11 Å². The standard InChI is InChI=1S/C19H21NO5/c1-22-14-3-2-13-11-20(12-21)7-6-18-4-5-19(23-8-9-24-19)10-15(18)25-17(14)16(13)18/h2-5,12,15H,6-11H2,1H3/t15-,18-/m0/s1. The molecule has 2 atom stereocenters. The Morgan fingerprint density at radius 3 is 2.88 bits per heavy atom. The number of hydrogen-bond acceptors (Lipinski definition) is 5. The molecule has 3 heterocycles. The Hall–Kier alpha value is -2.05. The summed E-state index contributed by atoms with van der Waals surface area (Å²) in [6.07, 6.45) is 6.54. The smallest absolute Gasteiger partial charge is 0.210 e. The van der Waals surface area contributed by atoms with Crippen molar-refractivity contribution in [3.05, 3.63) is 35.4 Å². The summed E-state index contributed by atoms with van der Waals surface area (Å²) >= 11 is 0. The summed E-state index contributed by atoms with van der Waals surface area (Å²) in [5.74, 6) is 0.863. The van der Waals surface area contributed by atoms with E-state index >= 15 is 0 Å². The second-order valence-corrected chi connectivity index (χ2v) is 7.15. The lowest BCUT2D eigenvalue weighted by atomic mass is 9.68. The number of amides is 1. The average Bonchev–Trinajstić information content (AvgIpc) is 3.17. The van der Waals surface area contributed by atoms with Gasteiger partial charge < -0.3 is 23.8 Å². The van der Waals surface area contributed by atoms with Crippen molar-refractivity contribution < 1.29 is 23.7 Å². The molecule has 1 aliphatic carbocycles. The van der Waals surface area contributed by atoms with Crippen molar-refractivity contribution in [3.63, 3.8) is 0 Å². The minimum atomic E-state index is -0.679. The molecular formula is C19H21NO5. The first-order valence-electron chi connectivity index (χ1n) is 8.74. The maximum Gasteiger partial charge on any atom is 0.210 e. The Bertz CT molecular complexity index is 754. The van der Waals surface area contributed by atoms with E-state index in [4.69, 9.17) is 18.9 Å². The van der Waals surface area contributed by atoms with Crippen LogP contribution >= 0.6 is 0 Å². The van der Waals surface area contributed by atoms with Crippen molar-refractivity contribution in [1.82, 2.24) is 4.90 Å². The summed E-state index contributed by atoms with van der Waals surface area (Å²) in [5, 5.41) is 0. The number of carbonyl (C=O) groups is 1. The molecule has 0 N–H and O–H groups in total. The molecule has 6 nitrogen and oxygen atoms in total. The van der Waals surface area contributed by atoms with Crippen molar-refractivity contribution in [1.29, 1.82) is 0 Å². The van der Waals surface area contributed by atoms with Gasteiger partial charge in [0, 0.05) is 25.1 Å². The highest BCUT2D eigenvalue weighted by atomic mass is 16.7. The predicted octanol–water partition coefficient (Wildman–Crippen LogP) is 1.76. The summed E-state index contributed by atoms with van der Waals surface area (Å²) in [6.45, 7) is 2.49. The van der Waals surface area contributed by atoms with Crippen molar-refractivity contribution in [2.24, 2.45) is 0 Å². The van der Waals surface area contributed by atoms with Crippen LogP contribution < -0.4 is 9.47 Å². The summed E-state index contributed by atoms with van der Waals surface area (Å²) < 4.78 is 23.7. The third-order valence-electron chi connectivity index (χ3n) is 5.94. The number of nitrogens with zero attached hydrogens (tertiary/aromatic N) is 1. The van der Waals surface area contributed by atoms with Crippen LogP contribution in [0.1, 0.15) is 24.0 Å². The summed E-state index contributed by atoms with van der Waals surface area (Å²) in [4.78, 5) is 13.3.